The number of thiophene rings is 1. The van der Waals surface area contributed by atoms with Gasteiger partial charge in [0.25, 0.3) is 11.8 Å². The lowest BCUT2D eigenvalue weighted by atomic mass is 10.1. The van der Waals surface area contributed by atoms with Crippen LogP contribution in [0.2, 0.25) is 5.02 Å². The van der Waals surface area contributed by atoms with Crippen molar-refractivity contribution in [2.75, 3.05) is 31.6 Å². The molecule has 1 saturated heterocycles. The van der Waals surface area contributed by atoms with Crippen LogP contribution in [0.1, 0.15) is 31.3 Å². The molecule has 2 amide bonds. The number of hydrogen-bond donors (Lipinski definition) is 1. The van der Waals surface area contributed by atoms with E-state index in [9.17, 15) is 14.0 Å². The first-order valence-electron chi connectivity index (χ1n) is 9.39. The third-order valence-corrected chi connectivity index (χ3v) is 6.20. The quantitative estimate of drug-likeness (QED) is 0.644. The van der Waals surface area contributed by atoms with Crippen molar-refractivity contribution in [1.29, 1.82) is 0 Å². The van der Waals surface area contributed by atoms with Gasteiger partial charge in [0, 0.05) is 29.2 Å². The van der Waals surface area contributed by atoms with Crippen molar-refractivity contribution < 1.29 is 18.7 Å². The maximum atomic E-state index is 14.2. The molecule has 1 fully saturated rings. The summed E-state index contributed by atoms with van der Waals surface area (Å²) >= 11 is 7.16. The second-order valence-electron chi connectivity index (χ2n) is 7.05. The molecule has 0 radical (unpaired) electrons. The van der Waals surface area contributed by atoms with E-state index in [1.807, 2.05) is 19.9 Å². The van der Waals surface area contributed by atoms with Crippen LogP contribution in [0.15, 0.2) is 24.3 Å². The van der Waals surface area contributed by atoms with Gasteiger partial charge in [-0.1, -0.05) is 11.6 Å². The summed E-state index contributed by atoms with van der Waals surface area (Å²) in [6, 6.07) is 5.66. The second-order valence-corrected chi connectivity index (χ2v) is 8.49. The van der Waals surface area contributed by atoms with Gasteiger partial charge in [-0.15, -0.1) is 11.3 Å². The molecule has 2 aromatic heterocycles. The standard InChI is InChI=1S/C21H19ClFN3O3S/c1-11-9-12(2)24-20-16(11)17(18(30-20)21(28)26-5-7-29-8-6-26)25-19(27)14-10-13(22)3-4-15(14)23/h3-4,9-10H,5-8H2,1-2H3,(H,25,27). The Morgan fingerprint density at radius 3 is 2.70 bits per heavy atom. The number of benzene rings is 1. The summed E-state index contributed by atoms with van der Waals surface area (Å²) in [6.07, 6.45) is 0. The Balaban J connectivity index is 1.81. The first kappa shape index (κ1) is 20.7. The number of pyridine rings is 1. The first-order valence-corrected chi connectivity index (χ1v) is 10.6. The monoisotopic (exact) mass is 447 g/mol. The number of morpholine rings is 1. The Kier molecular flexibility index (Phi) is 5.73. The summed E-state index contributed by atoms with van der Waals surface area (Å²) in [7, 11) is 0. The largest absolute Gasteiger partial charge is 0.378 e. The van der Waals surface area contributed by atoms with Gasteiger partial charge in [0.2, 0.25) is 0 Å². The molecule has 0 atom stereocenters. The smallest absolute Gasteiger partial charge is 0.266 e. The lowest BCUT2D eigenvalue weighted by Crippen LogP contribution is -2.40. The van der Waals surface area contributed by atoms with E-state index in [1.54, 1.807) is 4.90 Å². The number of rotatable bonds is 3. The van der Waals surface area contributed by atoms with E-state index in [0.717, 1.165) is 17.3 Å². The van der Waals surface area contributed by atoms with Crippen molar-refractivity contribution in [3.63, 3.8) is 0 Å². The number of nitrogens with one attached hydrogen (secondary N) is 1. The Bertz CT molecular complexity index is 1160. The molecule has 1 aromatic carbocycles. The number of fused-ring (bicyclic) bond motifs is 1. The van der Waals surface area contributed by atoms with Gasteiger partial charge in [0.15, 0.2) is 0 Å². The second kappa shape index (κ2) is 8.29. The maximum Gasteiger partial charge on any atom is 0.266 e. The van der Waals surface area contributed by atoms with Crippen molar-refractivity contribution in [3.8, 4) is 0 Å². The van der Waals surface area contributed by atoms with Crippen LogP contribution in [-0.2, 0) is 4.74 Å². The SMILES string of the molecule is Cc1cc(C)c2c(NC(=O)c3cc(Cl)ccc3F)c(C(=O)N3CCOCC3)sc2n1. The molecule has 0 aliphatic carbocycles. The molecule has 1 aliphatic rings. The fourth-order valence-electron chi connectivity index (χ4n) is 3.47. The molecule has 3 heterocycles. The van der Waals surface area contributed by atoms with Gasteiger partial charge in [-0.3, -0.25) is 9.59 Å². The molecule has 9 heteroatoms. The van der Waals surface area contributed by atoms with E-state index in [4.69, 9.17) is 16.3 Å². The molecule has 1 aliphatic heterocycles. The van der Waals surface area contributed by atoms with E-state index < -0.39 is 11.7 Å². The molecule has 0 bridgehead atoms. The number of ether oxygens (including phenoxy) is 1. The number of carbonyl (C=O) groups is 2. The van der Waals surface area contributed by atoms with Crippen LogP contribution in [0.3, 0.4) is 0 Å². The van der Waals surface area contributed by atoms with E-state index in [2.05, 4.69) is 10.3 Å². The highest BCUT2D eigenvalue weighted by Gasteiger charge is 2.28. The number of anilines is 1. The molecule has 156 valence electrons. The van der Waals surface area contributed by atoms with Crippen LogP contribution < -0.4 is 5.32 Å². The normalized spacial score (nSPS) is 14.2. The van der Waals surface area contributed by atoms with Crippen molar-refractivity contribution in [3.05, 3.63) is 56.8 Å². The number of carbonyl (C=O) groups excluding carboxylic acids is 2. The lowest BCUT2D eigenvalue weighted by molar-refractivity contribution is 0.0307. The molecule has 0 saturated carbocycles. The zero-order chi connectivity index (χ0) is 21.4. The zero-order valence-electron chi connectivity index (χ0n) is 16.4. The third kappa shape index (κ3) is 3.90. The van der Waals surface area contributed by atoms with Crippen molar-refractivity contribution >= 4 is 50.7 Å². The van der Waals surface area contributed by atoms with Gasteiger partial charge in [-0.05, 0) is 43.7 Å². The van der Waals surface area contributed by atoms with Crippen LogP contribution in [0.5, 0.6) is 0 Å². The number of nitrogens with zero attached hydrogens (tertiary/aromatic N) is 2. The third-order valence-electron chi connectivity index (χ3n) is 4.89. The molecule has 0 spiro atoms. The van der Waals surface area contributed by atoms with E-state index >= 15 is 0 Å². The Morgan fingerprint density at radius 1 is 1.23 bits per heavy atom. The van der Waals surface area contributed by atoms with Crippen molar-refractivity contribution in [2.45, 2.75) is 13.8 Å². The summed E-state index contributed by atoms with van der Waals surface area (Å²) in [5, 5.41) is 3.68. The molecule has 3 aromatic rings. The lowest BCUT2D eigenvalue weighted by Gasteiger charge is -2.26. The fourth-order valence-corrected chi connectivity index (χ4v) is 4.87. The van der Waals surface area contributed by atoms with Gasteiger partial charge in [-0.2, -0.15) is 0 Å². The predicted molar refractivity (Wildman–Crippen MR) is 115 cm³/mol. The predicted octanol–water partition coefficient (Wildman–Crippen LogP) is 4.43. The summed E-state index contributed by atoms with van der Waals surface area (Å²) in [6.45, 7) is 5.62. The van der Waals surface area contributed by atoms with Gasteiger partial charge in [0.1, 0.15) is 15.5 Å². The van der Waals surface area contributed by atoms with Crippen molar-refractivity contribution in [1.82, 2.24) is 9.88 Å². The van der Waals surface area contributed by atoms with Gasteiger partial charge < -0.3 is 15.0 Å². The van der Waals surface area contributed by atoms with E-state index in [0.29, 0.717) is 47.1 Å². The molecule has 1 N–H and O–H groups in total. The topological polar surface area (TPSA) is 71.5 Å². The van der Waals surface area contributed by atoms with Gasteiger partial charge >= 0.3 is 0 Å². The highest BCUT2D eigenvalue weighted by Crippen LogP contribution is 2.38. The summed E-state index contributed by atoms with van der Waals surface area (Å²) in [5.41, 5.74) is 1.84. The molecular weight excluding hydrogens is 429 g/mol. The molecule has 4 rings (SSSR count). The number of halogens is 2. The number of amides is 2. The van der Waals surface area contributed by atoms with E-state index in [-0.39, 0.29) is 16.5 Å². The summed E-state index contributed by atoms with van der Waals surface area (Å²) in [5.74, 6) is -1.57. The minimum Gasteiger partial charge on any atom is -0.378 e. The highest BCUT2D eigenvalue weighted by atomic mass is 35.5. The molecule has 0 unspecified atom stereocenters. The van der Waals surface area contributed by atoms with E-state index in [1.165, 1.54) is 23.5 Å². The van der Waals surface area contributed by atoms with Crippen LogP contribution in [0, 0.1) is 19.7 Å². The number of aromatic nitrogens is 1. The molecule has 6 nitrogen and oxygen atoms in total. The van der Waals surface area contributed by atoms with Crippen LogP contribution >= 0.6 is 22.9 Å². The first-order chi connectivity index (χ1) is 14.3. The van der Waals surface area contributed by atoms with Crippen LogP contribution in [0.4, 0.5) is 10.1 Å². The fraction of sp³-hybridized carbons (Fsp3) is 0.286. The summed E-state index contributed by atoms with van der Waals surface area (Å²) < 4.78 is 19.6. The number of aryl methyl sites for hydroxylation is 2. The Labute approximate surface area is 181 Å². The zero-order valence-corrected chi connectivity index (χ0v) is 18.0. The minimum absolute atomic E-state index is 0.190. The van der Waals surface area contributed by atoms with Gasteiger partial charge in [-0.25, -0.2) is 9.37 Å². The number of hydrogen-bond acceptors (Lipinski definition) is 5. The van der Waals surface area contributed by atoms with Crippen LogP contribution in [0.25, 0.3) is 10.2 Å². The average Bonchev–Trinajstić information content (AvgIpc) is 3.08. The van der Waals surface area contributed by atoms with Crippen LogP contribution in [-0.4, -0.2) is 48.0 Å². The minimum atomic E-state index is -0.691. The molecular formula is C21H19ClFN3O3S. The Hall–Kier alpha value is -2.55. The average molecular weight is 448 g/mol. The summed E-state index contributed by atoms with van der Waals surface area (Å²) in [4.78, 5) is 33.3. The Morgan fingerprint density at radius 2 is 1.97 bits per heavy atom. The highest BCUT2D eigenvalue weighted by molar-refractivity contribution is 7.21. The maximum absolute atomic E-state index is 14.2. The molecule has 30 heavy (non-hydrogen) atoms. The van der Waals surface area contributed by atoms with Crippen molar-refractivity contribution in [2.24, 2.45) is 0 Å². The van der Waals surface area contributed by atoms with Gasteiger partial charge in [0.05, 0.1) is 24.5 Å².